The molecule has 0 unspecified atom stereocenters. The minimum absolute atomic E-state index is 0. The first kappa shape index (κ1) is 25.1. The zero-order valence-electron chi connectivity index (χ0n) is 16.4. The van der Waals surface area contributed by atoms with Gasteiger partial charge in [-0.05, 0) is 30.0 Å². The van der Waals surface area contributed by atoms with Crippen molar-refractivity contribution < 1.29 is 8.42 Å². The predicted octanol–water partition coefficient (Wildman–Crippen LogP) is 3.05. The number of rotatable bonds is 9. The van der Waals surface area contributed by atoms with Crippen molar-refractivity contribution in [1.82, 2.24) is 14.9 Å². The van der Waals surface area contributed by atoms with Crippen molar-refractivity contribution in [1.29, 1.82) is 0 Å². The summed E-state index contributed by atoms with van der Waals surface area (Å²) in [6.45, 7) is 5.96. The summed E-state index contributed by atoms with van der Waals surface area (Å²) in [6.07, 6.45) is 3.58. The van der Waals surface area contributed by atoms with E-state index in [4.69, 9.17) is 0 Å². The van der Waals surface area contributed by atoms with Crippen LogP contribution in [0.25, 0.3) is 0 Å². The number of aliphatic imine (C=N–C) groups is 1. The van der Waals surface area contributed by atoms with E-state index in [-0.39, 0.29) is 24.0 Å². The summed E-state index contributed by atoms with van der Waals surface area (Å²) in [6, 6.07) is 6.90. The number of sulfonamides is 1. The molecular weight excluding hydrogens is 463 g/mol. The van der Waals surface area contributed by atoms with Crippen molar-refractivity contribution in [3.8, 4) is 0 Å². The van der Waals surface area contributed by atoms with Gasteiger partial charge >= 0.3 is 0 Å². The second-order valence-electron chi connectivity index (χ2n) is 6.67. The quantitative estimate of drug-likeness (QED) is 0.239. The average molecular weight is 496 g/mol. The van der Waals surface area contributed by atoms with E-state index in [1.54, 1.807) is 19.2 Å². The maximum atomic E-state index is 12.1. The van der Waals surface area contributed by atoms with Gasteiger partial charge < -0.3 is 10.6 Å². The molecule has 0 radical (unpaired) electrons. The molecule has 0 atom stereocenters. The van der Waals surface area contributed by atoms with Crippen LogP contribution in [0.4, 0.5) is 0 Å². The summed E-state index contributed by atoms with van der Waals surface area (Å²) in [5.41, 5.74) is 1.00. The highest BCUT2D eigenvalue weighted by Gasteiger charge is 2.16. The highest BCUT2D eigenvalue weighted by molar-refractivity contribution is 14.0. The van der Waals surface area contributed by atoms with Crippen molar-refractivity contribution in [3.63, 3.8) is 0 Å². The smallest absolute Gasteiger partial charge is 0.242 e. The molecule has 0 fully saturated rings. The van der Waals surface area contributed by atoms with Crippen LogP contribution in [0.15, 0.2) is 34.2 Å². The van der Waals surface area contributed by atoms with Crippen LogP contribution < -0.4 is 10.6 Å². The van der Waals surface area contributed by atoms with Crippen LogP contribution >= 0.6 is 24.0 Å². The Morgan fingerprint density at radius 1 is 1.12 bits per heavy atom. The Morgan fingerprint density at radius 2 is 1.73 bits per heavy atom. The SMILES string of the molecule is CN=C(NCCCCC(C)C)NCc1ccc(S(=O)(=O)N(C)C)cc1.I. The third-order valence-corrected chi connectivity index (χ3v) is 5.72. The molecule has 0 heterocycles. The van der Waals surface area contributed by atoms with E-state index in [1.807, 2.05) is 12.1 Å². The highest BCUT2D eigenvalue weighted by Crippen LogP contribution is 2.13. The number of unbranched alkanes of at least 4 members (excludes halogenated alkanes) is 1. The van der Waals surface area contributed by atoms with Gasteiger partial charge in [-0.1, -0.05) is 38.8 Å². The summed E-state index contributed by atoms with van der Waals surface area (Å²) >= 11 is 0. The fraction of sp³-hybridized carbons (Fsp3) is 0.611. The van der Waals surface area contributed by atoms with Gasteiger partial charge in [0.25, 0.3) is 0 Å². The van der Waals surface area contributed by atoms with Crippen LogP contribution in [-0.2, 0) is 16.6 Å². The Bertz CT molecular complexity index is 644. The van der Waals surface area contributed by atoms with Crippen LogP contribution in [0, 0.1) is 5.92 Å². The molecule has 0 saturated heterocycles. The Hall–Kier alpha value is -0.870. The third-order valence-electron chi connectivity index (χ3n) is 3.89. The molecule has 2 N–H and O–H groups in total. The molecule has 0 aromatic heterocycles. The Labute approximate surface area is 175 Å². The van der Waals surface area contributed by atoms with Crippen LogP contribution in [0.3, 0.4) is 0 Å². The first-order valence-electron chi connectivity index (χ1n) is 8.73. The van der Waals surface area contributed by atoms with Crippen molar-refractivity contribution in [3.05, 3.63) is 29.8 Å². The summed E-state index contributed by atoms with van der Waals surface area (Å²) in [5, 5.41) is 6.55. The standard InChI is InChI=1S/C18H32N4O2S.HI/c1-15(2)8-6-7-13-20-18(19-3)21-14-16-9-11-17(12-10-16)25(23,24)22(4)5;/h9-12,15H,6-8,13-14H2,1-5H3,(H2,19,20,21);1H. The van der Waals surface area contributed by atoms with Crippen molar-refractivity contribution in [2.24, 2.45) is 10.9 Å². The molecule has 0 spiro atoms. The number of guanidine groups is 1. The molecule has 150 valence electrons. The first-order chi connectivity index (χ1) is 11.8. The maximum Gasteiger partial charge on any atom is 0.242 e. The number of hydrogen-bond acceptors (Lipinski definition) is 3. The Balaban J connectivity index is 0.00000625. The predicted molar refractivity (Wildman–Crippen MR) is 120 cm³/mol. The number of nitrogens with one attached hydrogen (secondary N) is 2. The first-order valence-corrected chi connectivity index (χ1v) is 10.2. The van der Waals surface area contributed by atoms with Crippen LogP contribution in [0.2, 0.25) is 0 Å². The highest BCUT2D eigenvalue weighted by atomic mass is 127. The summed E-state index contributed by atoms with van der Waals surface area (Å²) < 4.78 is 25.3. The molecule has 0 aliphatic carbocycles. The fourth-order valence-corrected chi connectivity index (χ4v) is 3.18. The van der Waals surface area contributed by atoms with Crippen LogP contribution in [-0.4, -0.2) is 46.4 Å². The van der Waals surface area contributed by atoms with Crippen LogP contribution in [0.1, 0.15) is 38.7 Å². The van der Waals surface area contributed by atoms with Gasteiger partial charge in [-0.15, -0.1) is 24.0 Å². The molecule has 1 aromatic rings. The lowest BCUT2D eigenvalue weighted by atomic mass is 10.1. The van der Waals surface area contributed by atoms with Gasteiger partial charge in [0, 0.05) is 34.2 Å². The van der Waals surface area contributed by atoms with Crippen LogP contribution in [0.5, 0.6) is 0 Å². The van der Waals surface area contributed by atoms with E-state index < -0.39 is 10.0 Å². The number of benzene rings is 1. The molecule has 0 bridgehead atoms. The molecule has 0 amide bonds. The molecule has 26 heavy (non-hydrogen) atoms. The second kappa shape index (κ2) is 12.5. The van der Waals surface area contributed by atoms with Gasteiger partial charge in [-0.25, -0.2) is 12.7 Å². The minimum Gasteiger partial charge on any atom is -0.356 e. The van der Waals surface area contributed by atoms with E-state index in [1.165, 1.54) is 31.2 Å². The lowest BCUT2D eigenvalue weighted by Gasteiger charge is -2.13. The normalized spacial score (nSPS) is 12.2. The molecule has 6 nitrogen and oxygen atoms in total. The molecule has 1 rings (SSSR count). The van der Waals surface area contributed by atoms with E-state index in [2.05, 4.69) is 29.5 Å². The van der Waals surface area contributed by atoms with Gasteiger partial charge in [0.1, 0.15) is 0 Å². The van der Waals surface area contributed by atoms with Gasteiger partial charge in [0.2, 0.25) is 10.0 Å². The Kier molecular flexibility index (Phi) is 12.1. The third kappa shape index (κ3) is 8.68. The fourth-order valence-electron chi connectivity index (χ4n) is 2.28. The molecule has 0 aliphatic rings. The maximum absolute atomic E-state index is 12.1. The van der Waals surface area contributed by atoms with Gasteiger partial charge in [0.05, 0.1) is 4.90 Å². The monoisotopic (exact) mass is 496 g/mol. The Morgan fingerprint density at radius 3 is 2.23 bits per heavy atom. The lowest BCUT2D eigenvalue weighted by molar-refractivity contribution is 0.520. The van der Waals surface area contributed by atoms with Crippen molar-refractivity contribution in [2.75, 3.05) is 27.7 Å². The molecular formula is C18H33IN4O2S. The number of hydrogen-bond donors (Lipinski definition) is 2. The minimum atomic E-state index is -3.38. The molecule has 0 saturated carbocycles. The van der Waals surface area contributed by atoms with E-state index >= 15 is 0 Å². The summed E-state index contributed by atoms with van der Waals surface area (Å²) in [4.78, 5) is 4.51. The summed E-state index contributed by atoms with van der Waals surface area (Å²) in [7, 11) is 1.43. The topological polar surface area (TPSA) is 73.8 Å². The van der Waals surface area contributed by atoms with Gasteiger partial charge in [-0.3, -0.25) is 4.99 Å². The van der Waals surface area contributed by atoms with E-state index in [9.17, 15) is 8.42 Å². The second-order valence-corrected chi connectivity index (χ2v) is 8.83. The zero-order chi connectivity index (χ0) is 18.9. The molecule has 0 aliphatic heterocycles. The molecule has 1 aromatic carbocycles. The molecule has 8 heteroatoms. The lowest BCUT2D eigenvalue weighted by Crippen LogP contribution is -2.37. The zero-order valence-corrected chi connectivity index (χ0v) is 19.6. The van der Waals surface area contributed by atoms with Gasteiger partial charge in [0.15, 0.2) is 5.96 Å². The van der Waals surface area contributed by atoms with E-state index in [0.717, 1.165) is 30.4 Å². The largest absolute Gasteiger partial charge is 0.356 e. The van der Waals surface area contributed by atoms with Crippen molar-refractivity contribution in [2.45, 2.75) is 44.6 Å². The number of halogens is 1. The number of nitrogens with zero attached hydrogens (tertiary/aromatic N) is 2. The summed E-state index contributed by atoms with van der Waals surface area (Å²) in [5.74, 6) is 1.51. The van der Waals surface area contributed by atoms with Gasteiger partial charge in [-0.2, -0.15) is 0 Å². The van der Waals surface area contributed by atoms with E-state index in [0.29, 0.717) is 11.4 Å². The van der Waals surface area contributed by atoms with Crippen molar-refractivity contribution >= 4 is 40.0 Å². The average Bonchev–Trinajstić information content (AvgIpc) is 2.57.